The van der Waals surface area contributed by atoms with Crippen LogP contribution in [0.2, 0.25) is 0 Å². The van der Waals surface area contributed by atoms with Gasteiger partial charge in [0.2, 0.25) is 11.8 Å². The molecule has 5 aliphatic rings. The lowest BCUT2D eigenvalue weighted by molar-refractivity contribution is -0.136. The summed E-state index contributed by atoms with van der Waals surface area (Å²) in [5.41, 5.74) is 3.74. The molecule has 1 aliphatic carbocycles. The van der Waals surface area contributed by atoms with Gasteiger partial charge in [0, 0.05) is 55.9 Å². The predicted octanol–water partition coefficient (Wildman–Crippen LogP) is 1.49. The van der Waals surface area contributed by atoms with Crippen molar-refractivity contribution < 1.29 is 14.4 Å². The molecule has 8 heteroatoms. The minimum Gasteiger partial charge on any atom is -0.369 e. The van der Waals surface area contributed by atoms with Crippen molar-refractivity contribution in [1.82, 2.24) is 20.4 Å². The molecule has 2 N–H and O–H groups in total. The fourth-order valence-corrected chi connectivity index (χ4v) is 7.36. The highest BCUT2D eigenvalue weighted by Gasteiger charge is 2.54. The van der Waals surface area contributed by atoms with E-state index in [-0.39, 0.29) is 24.1 Å². The Balaban J connectivity index is 1.09. The molecule has 1 unspecified atom stereocenters. The maximum atomic E-state index is 13.0. The molecule has 6 rings (SSSR count). The number of benzene rings is 1. The molecule has 4 heterocycles. The van der Waals surface area contributed by atoms with Crippen LogP contribution in [-0.2, 0) is 16.1 Å². The lowest BCUT2D eigenvalue weighted by atomic mass is 9.53. The van der Waals surface area contributed by atoms with Crippen LogP contribution in [0.25, 0.3) is 0 Å². The zero-order valence-corrected chi connectivity index (χ0v) is 20.1. The number of rotatable bonds is 3. The lowest BCUT2D eigenvalue weighted by Crippen LogP contribution is -2.65. The number of carbonyl (C=O) groups is 3. The van der Waals surface area contributed by atoms with Crippen LogP contribution in [0.15, 0.2) is 18.2 Å². The van der Waals surface area contributed by atoms with Gasteiger partial charge in [-0.3, -0.25) is 24.6 Å². The van der Waals surface area contributed by atoms with Crippen LogP contribution in [0.3, 0.4) is 0 Å². The topological polar surface area (TPSA) is 85.0 Å². The number of amides is 3. The first-order valence-corrected chi connectivity index (χ1v) is 12.8. The molecule has 1 atom stereocenters. The van der Waals surface area contributed by atoms with Crippen LogP contribution >= 0.6 is 0 Å². The average molecular weight is 466 g/mol. The van der Waals surface area contributed by atoms with Crippen molar-refractivity contribution in [2.24, 2.45) is 5.41 Å². The van der Waals surface area contributed by atoms with Gasteiger partial charge in [-0.15, -0.1) is 0 Å². The first-order valence-electron chi connectivity index (χ1n) is 12.8. The summed E-state index contributed by atoms with van der Waals surface area (Å²) in [6.07, 6.45) is 5.99. The van der Waals surface area contributed by atoms with Crippen molar-refractivity contribution in [2.75, 3.05) is 44.2 Å². The smallest absolute Gasteiger partial charge is 0.255 e. The normalized spacial score (nSPS) is 28.6. The summed E-state index contributed by atoms with van der Waals surface area (Å²) in [6.45, 7) is 9.37. The van der Waals surface area contributed by atoms with E-state index in [1.807, 2.05) is 6.07 Å². The molecule has 34 heavy (non-hydrogen) atoms. The molecule has 0 aromatic heterocycles. The molecule has 4 aliphatic heterocycles. The molecule has 182 valence electrons. The summed E-state index contributed by atoms with van der Waals surface area (Å²) in [5, 5.41) is 5.88. The average Bonchev–Trinajstić information content (AvgIpc) is 3.14. The van der Waals surface area contributed by atoms with Gasteiger partial charge in [-0.1, -0.05) is 0 Å². The van der Waals surface area contributed by atoms with Gasteiger partial charge in [0.25, 0.3) is 5.91 Å². The Morgan fingerprint density at radius 2 is 1.74 bits per heavy atom. The second kappa shape index (κ2) is 8.05. The standard InChI is InChI=1S/C26H35N5O3/c1-25(16-26(17-25)6-8-27-9-7-26)30-12-10-29(11-13-30)19-2-3-20-18(14-19)15-31(24(20)34)21-4-5-22(32)28-23(21)33/h2-3,14,21,27H,4-13,15-17H2,1H3,(H,28,32,33). The van der Waals surface area contributed by atoms with Crippen LogP contribution < -0.4 is 15.5 Å². The molecule has 3 amide bonds. The van der Waals surface area contributed by atoms with Crippen molar-refractivity contribution in [3.05, 3.63) is 29.3 Å². The van der Waals surface area contributed by atoms with E-state index in [0.29, 0.717) is 29.5 Å². The quantitative estimate of drug-likeness (QED) is 0.658. The molecule has 1 aromatic rings. The number of fused-ring (bicyclic) bond motifs is 1. The van der Waals surface area contributed by atoms with Crippen LogP contribution in [0.4, 0.5) is 5.69 Å². The summed E-state index contributed by atoms with van der Waals surface area (Å²) >= 11 is 0. The Bertz CT molecular complexity index is 1020. The van der Waals surface area contributed by atoms with Gasteiger partial charge in [0.1, 0.15) is 6.04 Å². The van der Waals surface area contributed by atoms with Crippen molar-refractivity contribution in [1.29, 1.82) is 0 Å². The number of hydrogen-bond donors (Lipinski definition) is 2. The summed E-state index contributed by atoms with van der Waals surface area (Å²) in [4.78, 5) is 43.5. The molecule has 4 fully saturated rings. The number of piperidine rings is 2. The molecule has 1 spiro atoms. The molecular weight excluding hydrogens is 430 g/mol. The van der Waals surface area contributed by atoms with Crippen molar-refractivity contribution in [2.45, 2.75) is 63.6 Å². The van der Waals surface area contributed by atoms with Crippen LogP contribution in [-0.4, -0.2) is 78.4 Å². The van der Waals surface area contributed by atoms with E-state index in [9.17, 15) is 14.4 Å². The first-order chi connectivity index (χ1) is 16.4. The van der Waals surface area contributed by atoms with E-state index in [4.69, 9.17) is 0 Å². The minimum absolute atomic E-state index is 0.106. The Kier molecular flexibility index (Phi) is 5.22. The summed E-state index contributed by atoms with van der Waals surface area (Å²) in [7, 11) is 0. The number of piperazine rings is 1. The van der Waals surface area contributed by atoms with Crippen molar-refractivity contribution >= 4 is 23.4 Å². The van der Waals surface area contributed by atoms with Gasteiger partial charge in [-0.2, -0.15) is 0 Å². The number of nitrogens with one attached hydrogen (secondary N) is 2. The van der Waals surface area contributed by atoms with E-state index in [0.717, 1.165) is 37.4 Å². The minimum atomic E-state index is -0.559. The highest BCUT2D eigenvalue weighted by molar-refractivity contribution is 6.05. The third kappa shape index (κ3) is 3.62. The zero-order chi connectivity index (χ0) is 23.5. The van der Waals surface area contributed by atoms with Gasteiger partial charge in [-0.05, 0) is 81.3 Å². The summed E-state index contributed by atoms with van der Waals surface area (Å²) in [5.74, 6) is -0.719. The molecular formula is C26H35N5O3. The second-order valence-corrected chi connectivity index (χ2v) is 11.3. The number of anilines is 1. The summed E-state index contributed by atoms with van der Waals surface area (Å²) in [6, 6.07) is 5.54. The Labute approximate surface area is 201 Å². The highest BCUT2D eigenvalue weighted by Crippen LogP contribution is 2.56. The Morgan fingerprint density at radius 3 is 2.44 bits per heavy atom. The highest BCUT2D eigenvalue weighted by atomic mass is 16.2. The first kappa shape index (κ1) is 22.0. The Morgan fingerprint density at radius 1 is 1.00 bits per heavy atom. The zero-order valence-electron chi connectivity index (χ0n) is 20.1. The van der Waals surface area contributed by atoms with Gasteiger partial charge in [0.15, 0.2) is 0 Å². The lowest BCUT2D eigenvalue weighted by Gasteiger charge is -2.62. The van der Waals surface area contributed by atoms with Crippen LogP contribution in [0.1, 0.15) is 61.4 Å². The van der Waals surface area contributed by atoms with Gasteiger partial charge >= 0.3 is 0 Å². The van der Waals surface area contributed by atoms with E-state index < -0.39 is 6.04 Å². The fraction of sp³-hybridized carbons (Fsp3) is 0.654. The molecule has 8 nitrogen and oxygen atoms in total. The van der Waals surface area contributed by atoms with Crippen LogP contribution in [0, 0.1) is 5.41 Å². The van der Waals surface area contributed by atoms with E-state index in [1.54, 1.807) is 4.90 Å². The largest absolute Gasteiger partial charge is 0.369 e. The van der Waals surface area contributed by atoms with Crippen molar-refractivity contribution in [3.63, 3.8) is 0 Å². The van der Waals surface area contributed by atoms with Gasteiger partial charge in [0.05, 0.1) is 0 Å². The monoisotopic (exact) mass is 465 g/mol. The van der Waals surface area contributed by atoms with E-state index >= 15 is 0 Å². The van der Waals surface area contributed by atoms with Crippen molar-refractivity contribution in [3.8, 4) is 0 Å². The predicted molar refractivity (Wildman–Crippen MR) is 128 cm³/mol. The molecule has 0 bridgehead atoms. The third-order valence-corrected chi connectivity index (χ3v) is 9.09. The molecule has 1 aromatic carbocycles. The fourth-order valence-electron chi connectivity index (χ4n) is 7.36. The Hall–Kier alpha value is -2.45. The molecule has 3 saturated heterocycles. The van der Waals surface area contributed by atoms with E-state index in [2.05, 4.69) is 39.5 Å². The maximum absolute atomic E-state index is 13.0. The van der Waals surface area contributed by atoms with E-state index in [1.165, 1.54) is 38.8 Å². The van der Waals surface area contributed by atoms with Gasteiger partial charge in [-0.25, -0.2) is 0 Å². The number of nitrogens with zero attached hydrogens (tertiary/aromatic N) is 3. The maximum Gasteiger partial charge on any atom is 0.255 e. The molecule has 1 saturated carbocycles. The summed E-state index contributed by atoms with van der Waals surface area (Å²) < 4.78 is 0. The third-order valence-electron chi connectivity index (χ3n) is 9.09. The second-order valence-electron chi connectivity index (χ2n) is 11.3. The number of imide groups is 1. The number of carbonyl (C=O) groups excluding carboxylic acids is 3. The van der Waals surface area contributed by atoms with Gasteiger partial charge < -0.3 is 15.1 Å². The number of hydrogen-bond acceptors (Lipinski definition) is 6. The SMILES string of the molecule is CC1(N2CCN(c3ccc4c(c3)CN(C3CCC(=O)NC3=O)C4=O)CC2)CC2(CCNCC2)C1. The molecule has 0 radical (unpaired) electrons. The van der Waals surface area contributed by atoms with Crippen LogP contribution in [0.5, 0.6) is 0 Å².